The van der Waals surface area contributed by atoms with Crippen LogP contribution < -0.4 is 15.8 Å². The number of likely N-dealkylation sites (tertiary alicyclic amines) is 1. The molecule has 2 unspecified atom stereocenters. The van der Waals surface area contributed by atoms with Gasteiger partial charge in [-0.15, -0.1) is 0 Å². The molecule has 1 amide bonds. The number of ether oxygens (including phenoxy) is 1. The maximum absolute atomic E-state index is 14.7. The second-order valence-corrected chi connectivity index (χ2v) is 9.62. The molecule has 2 atom stereocenters. The monoisotopic (exact) mass is 518 g/mol. The van der Waals surface area contributed by atoms with E-state index in [4.69, 9.17) is 15.6 Å². The molecule has 0 saturated carbocycles. The van der Waals surface area contributed by atoms with E-state index in [0.717, 1.165) is 35.1 Å². The first kappa shape index (κ1) is 25.5. The van der Waals surface area contributed by atoms with E-state index in [9.17, 15) is 14.3 Å². The zero-order valence-corrected chi connectivity index (χ0v) is 21.4. The van der Waals surface area contributed by atoms with Crippen molar-refractivity contribution in [1.82, 2.24) is 19.7 Å². The summed E-state index contributed by atoms with van der Waals surface area (Å²) in [5.74, 6) is 0.984. The third-order valence-electron chi connectivity index (χ3n) is 7.18. The predicted octanol–water partition coefficient (Wildman–Crippen LogP) is 4.70. The first-order valence-electron chi connectivity index (χ1n) is 12.6. The summed E-state index contributed by atoms with van der Waals surface area (Å²) >= 11 is 0. The van der Waals surface area contributed by atoms with Crippen LogP contribution in [0.4, 0.5) is 15.0 Å². The molecule has 0 bridgehead atoms. The van der Waals surface area contributed by atoms with Crippen molar-refractivity contribution in [3.05, 3.63) is 71.7 Å². The SMILES string of the molecule is COc1ccc(Cn2nc(NC3CCC(C)N(C(=O)O)C3)c3c(-c4ccc(CN)c(F)c4)ccnc32)cc1. The molecule has 198 valence electrons. The van der Waals surface area contributed by atoms with Gasteiger partial charge in [0.25, 0.3) is 0 Å². The van der Waals surface area contributed by atoms with Crippen LogP contribution in [0.15, 0.2) is 54.7 Å². The van der Waals surface area contributed by atoms with Crippen LogP contribution in [0.3, 0.4) is 0 Å². The Morgan fingerprint density at radius 2 is 2.00 bits per heavy atom. The Morgan fingerprint density at radius 1 is 1.21 bits per heavy atom. The van der Waals surface area contributed by atoms with Gasteiger partial charge in [0.15, 0.2) is 11.5 Å². The van der Waals surface area contributed by atoms with Crippen molar-refractivity contribution in [2.24, 2.45) is 5.73 Å². The molecule has 1 saturated heterocycles. The lowest BCUT2D eigenvalue weighted by molar-refractivity contribution is 0.108. The van der Waals surface area contributed by atoms with Crippen LogP contribution in [-0.2, 0) is 13.1 Å². The number of halogens is 1. The molecular weight excluding hydrogens is 487 g/mol. The number of hydrogen-bond acceptors (Lipinski definition) is 6. The Bertz CT molecular complexity index is 1460. The fourth-order valence-electron chi connectivity index (χ4n) is 5.02. The average molecular weight is 519 g/mol. The lowest BCUT2D eigenvalue weighted by Gasteiger charge is -2.36. The maximum atomic E-state index is 14.7. The van der Waals surface area contributed by atoms with Gasteiger partial charge in [-0.05, 0) is 60.7 Å². The van der Waals surface area contributed by atoms with Crippen LogP contribution in [0.1, 0.15) is 30.9 Å². The van der Waals surface area contributed by atoms with Crippen molar-refractivity contribution in [2.75, 3.05) is 19.0 Å². The van der Waals surface area contributed by atoms with E-state index in [-0.39, 0.29) is 24.4 Å². The Kier molecular flexibility index (Phi) is 7.15. The molecular formula is C28H31FN6O3. The van der Waals surface area contributed by atoms with Gasteiger partial charge in [0.05, 0.1) is 19.0 Å². The molecule has 1 fully saturated rings. The van der Waals surface area contributed by atoms with Crippen LogP contribution in [0, 0.1) is 5.82 Å². The molecule has 3 heterocycles. The minimum absolute atomic E-state index is 0.0452. The Labute approximate surface area is 220 Å². The molecule has 5 rings (SSSR count). The summed E-state index contributed by atoms with van der Waals surface area (Å²) in [6.45, 7) is 2.84. The number of carboxylic acid groups (broad SMARTS) is 1. The van der Waals surface area contributed by atoms with Crippen molar-refractivity contribution in [1.29, 1.82) is 0 Å². The molecule has 0 spiro atoms. The van der Waals surface area contributed by atoms with Gasteiger partial charge in [-0.25, -0.2) is 18.9 Å². The topological polar surface area (TPSA) is 119 Å². The zero-order valence-electron chi connectivity index (χ0n) is 21.4. The first-order valence-corrected chi connectivity index (χ1v) is 12.6. The minimum Gasteiger partial charge on any atom is -0.497 e. The molecule has 9 nitrogen and oxygen atoms in total. The Hall–Kier alpha value is -4.18. The van der Waals surface area contributed by atoms with Crippen molar-refractivity contribution in [2.45, 2.75) is 44.9 Å². The second kappa shape index (κ2) is 10.7. The van der Waals surface area contributed by atoms with Gasteiger partial charge < -0.3 is 25.8 Å². The fraction of sp³-hybridized carbons (Fsp3) is 0.321. The molecule has 4 N–H and O–H groups in total. The van der Waals surface area contributed by atoms with Gasteiger partial charge in [-0.2, -0.15) is 5.10 Å². The number of rotatable bonds is 7. The quantitative estimate of drug-likeness (QED) is 0.325. The molecule has 1 aliphatic rings. The summed E-state index contributed by atoms with van der Waals surface area (Å²) in [6.07, 6.45) is 2.30. The molecule has 0 radical (unpaired) electrons. The number of nitrogens with zero attached hydrogens (tertiary/aromatic N) is 4. The highest BCUT2D eigenvalue weighted by Gasteiger charge is 2.30. The van der Waals surface area contributed by atoms with E-state index in [0.29, 0.717) is 35.7 Å². The number of pyridine rings is 1. The number of amides is 1. The lowest BCUT2D eigenvalue weighted by atomic mass is 9.99. The number of methoxy groups -OCH3 is 1. The van der Waals surface area contributed by atoms with E-state index in [2.05, 4.69) is 10.3 Å². The number of nitrogens with one attached hydrogen (secondary N) is 1. The van der Waals surface area contributed by atoms with Gasteiger partial charge in [-0.1, -0.05) is 24.3 Å². The molecule has 10 heteroatoms. The molecule has 1 aliphatic heterocycles. The number of nitrogens with two attached hydrogens (primary N) is 1. The van der Waals surface area contributed by atoms with Gasteiger partial charge in [0.2, 0.25) is 0 Å². The normalized spacial score (nSPS) is 17.5. The fourth-order valence-corrected chi connectivity index (χ4v) is 5.02. The van der Waals surface area contributed by atoms with Crippen molar-refractivity contribution in [3.63, 3.8) is 0 Å². The number of piperidine rings is 1. The van der Waals surface area contributed by atoms with Crippen molar-refractivity contribution in [3.8, 4) is 16.9 Å². The van der Waals surface area contributed by atoms with Gasteiger partial charge in [-0.3, -0.25) is 0 Å². The number of carbonyl (C=O) groups is 1. The van der Waals surface area contributed by atoms with Crippen LogP contribution in [0.25, 0.3) is 22.2 Å². The van der Waals surface area contributed by atoms with Gasteiger partial charge >= 0.3 is 6.09 Å². The van der Waals surface area contributed by atoms with Crippen LogP contribution in [0.5, 0.6) is 5.75 Å². The van der Waals surface area contributed by atoms with E-state index in [1.165, 1.54) is 11.0 Å². The Morgan fingerprint density at radius 3 is 2.68 bits per heavy atom. The van der Waals surface area contributed by atoms with Crippen LogP contribution >= 0.6 is 0 Å². The van der Waals surface area contributed by atoms with E-state index in [1.54, 1.807) is 19.4 Å². The number of anilines is 1. The Balaban J connectivity index is 1.58. The summed E-state index contributed by atoms with van der Waals surface area (Å²) in [5.41, 5.74) is 9.22. The van der Waals surface area contributed by atoms with Crippen molar-refractivity contribution < 1.29 is 19.0 Å². The summed E-state index contributed by atoms with van der Waals surface area (Å²) in [6, 6.07) is 14.4. The third kappa shape index (κ3) is 4.99. The van der Waals surface area contributed by atoms with Gasteiger partial charge in [0, 0.05) is 36.9 Å². The maximum Gasteiger partial charge on any atom is 0.407 e. The zero-order chi connectivity index (χ0) is 26.8. The molecule has 38 heavy (non-hydrogen) atoms. The number of aromatic nitrogens is 3. The molecule has 0 aliphatic carbocycles. The van der Waals surface area contributed by atoms with Crippen molar-refractivity contribution >= 4 is 22.9 Å². The van der Waals surface area contributed by atoms with E-state index in [1.807, 2.05) is 48.0 Å². The molecule has 2 aromatic carbocycles. The minimum atomic E-state index is -0.934. The average Bonchev–Trinajstić information content (AvgIpc) is 3.26. The summed E-state index contributed by atoms with van der Waals surface area (Å²) in [4.78, 5) is 17.9. The molecule has 4 aromatic rings. The summed E-state index contributed by atoms with van der Waals surface area (Å²) in [7, 11) is 1.62. The predicted molar refractivity (Wildman–Crippen MR) is 144 cm³/mol. The second-order valence-electron chi connectivity index (χ2n) is 9.62. The molecule has 2 aromatic heterocycles. The highest BCUT2D eigenvalue weighted by atomic mass is 19.1. The summed E-state index contributed by atoms with van der Waals surface area (Å²) < 4.78 is 21.8. The smallest absolute Gasteiger partial charge is 0.407 e. The highest BCUT2D eigenvalue weighted by molar-refractivity contribution is 6.01. The van der Waals surface area contributed by atoms with Crippen LogP contribution in [0.2, 0.25) is 0 Å². The number of benzene rings is 2. The first-order chi connectivity index (χ1) is 18.4. The largest absolute Gasteiger partial charge is 0.497 e. The van der Waals surface area contributed by atoms with Crippen LogP contribution in [-0.4, -0.2) is 56.6 Å². The van der Waals surface area contributed by atoms with Gasteiger partial charge in [0.1, 0.15) is 11.6 Å². The standard InChI is InChI=1S/C28H31FN6O3/c1-17-3-8-21(16-34(17)28(36)37)32-26-25-23(19-6-7-20(14-30)24(29)13-19)11-12-31-27(25)35(33-26)15-18-4-9-22(38-2)10-5-18/h4-7,9-13,17,21H,3,8,14-16,30H2,1-2H3,(H,32,33)(H,36,37). The third-order valence-corrected chi connectivity index (χ3v) is 7.18. The van der Waals surface area contributed by atoms with E-state index >= 15 is 0 Å². The summed E-state index contributed by atoms with van der Waals surface area (Å²) in [5, 5.41) is 18.8. The lowest BCUT2D eigenvalue weighted by Crippen LogP contribution is -2.49. The highest BCUT2D eigenvalue weighted by Crippen LogP contribution is 2.35. The van der Waals surface area contributed by atoms with E-state index < -0.39 is 6.09 Å². The number of hydrogen-bond donors (Lipinski definition) is 3. The number of fused-ring (bicyclic) bond motifs is 1.